The zero-order valence-electron chi connectivity index (χ0n) is 15.8. The summed E-state index contributed by atoms with van der Waals surface area (Å²) in [5.74, 6) is -0.661. The standard InChI is InChI=1S/C21H26N2O2/c1-13-8-7-9-17(12-13)22-19(24)21(5,6)20(25)23-18-15(3)10-14(2)11-16(18)4/h7-12H,1-6H3,(H,22,24)(H,23,25). The van der Waals surface area contributed by atoms with E-state index in [-0.39, 0.29) is 11.8 Å². The van der Waals surface area contributed by atoms with Crippen molar-refractivity contribution in [2.45, 2.75) is 41.5 Å². The molecule has 2 aromatic carbocycles. The molecular weight excluding hydrogens is 312 g/mol. The van der Waals surface area contributed by atoms with Crippen molar-refractivity contribution < 1.29 is 9.59 Å². The first-order valence-corrected chi connectivity index (χ1v) is 8.38. The molecule has 0 bridgehead atoms. The Morgan fingerprint density at radius 2 is 1.36 bits per heavy atom. The monoisotopic (exact) mass is 338 g/mol. The van der Waals surface area contributed by atoms with Crippen LogP contribution in [0.1, 0.15) is 36.1 Å². The van der Waals surface area contributed by atoms with E-state index >= 15 is 0 Å². The van der Waals surface area contributed by atoms with Gasteiger partial charge in [-0.1, -0.05) is 29.8 Å². The van der Waals surface area contributed by atoms with E-state index in [9.17, 15) is 9.59 Å². The molecular formula is C21H26N2O2. The van der Waals surface area contributed by atoms with Gasteiger partial charge in [-0.15, -0.1) is 0 Å². The molecule has 25 heavy (non-hydrogen) atoms. The lowest BCUT2D eigenvalue weighted by molar-refractivity contribution is -0.135. The molecule has 4 nitrogen and oxygen atoms in total. The molecule has 0 aliphatic heterocycles. The van der Waals surface area contributed by atoms with Gasteiger partial charge in [0.05, 0.1) is 0 Å². The number of rotatable bonds is 4. The summed E-state index contributed by atoms with van der Waals surface area (Å²) >= 11 is 0. The number of hydrogen-bond acceptors (Lipinski definition) is 2. The third kappa shape index (κ3) is 4.27. The summed E-state index contributed by atoms with van der Waals surface area (Å²) in [6.45, 7) is 11.1. The van der Waals surface area contributed by atoms with Crippen LogP contribution < -0.4 is 10.6 Å². The van der Waals surface area contributed by atoms with Gasteiger partial charge in [0.15, 0.2) is 0 Å². The predicted octanol–water partition coefficient (Wildman–Crippen LogP) is 4.52. The predicted molar refractivity (Wildman–Crippen MR) is 103 cm³/mol. The van der Waals surface area contributed by atoms with Crippen LogP contribution in [0.3, 0.4) is 0 Å². The van der Waals surface area contributed by atoms with Crippen LogP contribution in [0.2, 0.25) is 0 Å². The van der Waals surface area contributed by atoms with Gasteiger partial charge in [-0.2, -0.15) is 0 Å². The topological polar surface area (TPSA) is 58.2 Å². The van der Waals surface area contributed by atoms with Crippen molar-refractivity contribution in [2.75, 3.05) is 10.6 Å². The summed E-state index contributed by atoms with van der Waals surface area (Å²) in [6.07, 6.45) is 0. The van der Waals surface area contributed by atoms with E-state index in [1.807, 2.05) is 64.1 Å². The molecule has 0 aliphatic carbocycles. The number of amides is 2. The summed E-state index contributed by atoms with van der Waals surface area (Å²) in [5, 5.41) is 5.75. The van der Waals surface area contributed by atoms with Crippen molar-refractivity contribution in [2.24, 2.45) is 5.41 Å². The third-order valence-electron chi connectivity index (χ3n) is 4.33. The lowest BCUT2D eigenvalue weighted by atomic mass is 9.90. The van der Waals surface area contributed by atoms with Gasteiger partial charge in [-0.3, -0.25) is 9.59 Å². The van der Waals surface area contributed by atoms with Crippen molar-refractivity contribution in [3.8, 4) is 0 Å². The smallest absolute Gasteiger partial charge is 0.239 e. The zero-order chi connectivity index (χ0) is 18.8. The molecule has 0 radical (unpaired) electrons. The molecule has 0 saturated carbocycles. The lowest BCUT2D eigenvalue weighted by Crippen LogP contribution is -2.41. The minimum atomic E-state index is -1.20. The molecule has 2 N–H and O–H groups in total. The molecule has 0 heterocycles. The van der Waals surface area contributed by atoms with Crippen LogP contribution in [-0.4, -0.2) is 11.8 Å². The number of hydrogen-bond donors (Lipinski definition) is 2. The van der Waals surface area contributed by atoms with E-state index in [1.54, 1.807) is 13.8 Å². The van der Waals surface area contributed by atoms with Crippen LogP contribution >= 0.6 is 0 Å². The molecule has 4 heteroatoms. The number of nitrogens with one attached hydrogen (secondary N) is 2. The highest BCUT2D eigenvalue weighted by Gasteiger charge is 2.36. The zero-order valence-corrected chi connectivity index (χ0v) is 15.8. The number of carbonyl (C=O) groups excluding carboxylic acids is 2. The van der Waals surface area contributed by atoms with Gasteiger partial charge in [0.1, 0.15) is 5.41 Å². The molecule has 2 amide bonds. The SMILES string of the molecule is Cc1cccc(NC(=O)C(C)(C)C(=O)Nc2c(C)cc(C)cc2C)c1. The van der Waals surface area contributed by atoms with Gasteiger partial charge in [-0.25, -0.2) is 0 Å². The third-order valence-corrected chi connectivity index (χ3v) is 4.33. The molecule has 0 fully saturated rings. The second-order valence-corrected chi connectivity index (χ2v) is 7.18. The van der Waals surface area contributed by atoms with Crippen molar-refractivity contribution in [3.05, 3.63) is 58.7 Å². The highest BCUT2D eigenvalue weighted by atomic mass is 16.2. The molecule has 0 aliphatic rings. The van der Waals surface area contributed by atoms with Gasteiger partial charge < -0.3 is 10.6 Å². The summed E-state index contributed by atoms with van der Waals surface area (Å²) in [5.41, 5.74) is 4.42. The van der Waals surface area contributed by atoms with Crippen LogP contribution in [0.15, 0.2) is 36.4 Å². The van der Waals surface area contributed by atoms with Crippen molar-refractivity contribution in [1.82, 2.24) is 0 Å². The first-order valence-electron chi connectivity index (χ1n) is 8.38. The quantitative estimate of drug-likeness (QED) is 0.805. The maximum absolute atomic E-state index is 12.8. The first-order chi connectivity index (χ1) is 11.6. The fourth-order valence-electron chi connectivity index (χ4n) is 2.76. The number of carbonyl (C=O) groups is 2. The highest BCUT2D eigenvalue weighted by molar-refractivity contribution is 6.14. The Labute approximate surface area is 149 Å². The average Bonchev–Trinajstić information content (AvgIpc) is 2.50. The molecule has 0 aromatic heterocycles. The number of benzene rings is 2. The largest absolute Gasteiger partial charge is 0.325 e. The van der Waals surface area contributed by atoms with E-state index in [0.29, 0.717) is 5.69 Å². The second kappa shape index (κ2) is 7.09. The van der Waals surface area contributed by atoms with Crippen molar-refractivity contribution in [1.29, 1.82) is 0 Å². The minimum Gasteiger partial charge on any atom is -0.325 e. The van der Waals surface area contributed by atoms with Crippen LogP contribution in [-0.2, 0) is 9.59 Å². The molecule has 132 valence electrons. The van der Waals surface area contributed by atoms with Gasteiger partial charge in [-0.05, 0) is 70.4 Å². The van der Waals surface area contributed by atoms with Gasteiger partial charge in [0.25, 0.3) is 0 Å². The maximum Gasteiger partial charge on any atom is 0.239 e. The van der Waals surface area contributed by atoms with E-state index in [4.69, 9.17) is 0 Å². The van der Waals surface area contributed by atoms with Crippen LogP contribution in [0, 0.1) is 33.1 Å². The molecule has 0 unspecified atom stereocenters. The molecule has 2 aromatic rings. The van der Waals surface area contributed by atoms with Crippen molar-refractivity contribution in [3.63, 3.8) is 0 Å². The molecule has 0 saturated heterocycles. The Bertz CT molecular complexity index is 799. The van der Waals surface area contributed by atoms with Crippen LogP contribution in [0.5, 0.6) is 0 Å². The normalized spacial score (nSPS) is 11.1. The van der Waals surface area contributed by atoms with E-state index in [1.165, 1.54) is 0 Å². The van der Waals surface area contributed by atoms with Crippen molar-refractivity contribution >= 4 is 23.2 Å². The minimum absolute atomic E-state index is 0.326. The second-order valence-electron chi connectivity index (χ2n) is 7.18. The summed E-state index contributed by atoms with van der Waals surface area (Å²) in [6, 6.07) is 11.5. The fourth-order valence-corrected chi connectivity index (χ4v) is 2.76. The molecule has 2 rings (SSSR count). The highest BCUT2D eigenvalue weighted by Crippen LogP contribution is 2.26. The van der Waals surface area contributed by atoms with Crippen LogP contribution in [0.25, 0.3) is 0 Å². The Morgan fingerprint density at radius 3 is 1.92 bits per heavy atom. The van der Waals surface area contributed by atoms with Crippen LogP contribution in [0.4, 0.5) is 11.4 Å². The van der Waals surface area contributed by atoms with Gasteiger partial charge >= 0.3 is 0 Å². The lowest BCUT2D eigenvalue weighted by Gasteiger charge is -2.24. The Hall–Kier alpha value is -2.62. The average molecular weight is 338 g/mol. The Morgan fingerprint density at radius 1 is 0.800 bits per heavy atom. The Kier molecular flexibility index (Phi) is 5.31. The van der Waals surface area contributed by atoms with Gasteiger partial charge in [0, 0.05) is 11.4 Å². The molecule has 0 spiro atoms. The Balaban J connectivity index is 2.18. The fraction of sp³-hybridized carbons (Fsp3) is 0.333. The number of aryl methyl sites for hydroxylation is 4. The van der Waals surface area contributed by atoms with E-state index < -0.39 is 5.41 Å². The van der Waals surface area contributed by atoms with Gasteiger partial charge in [0.2, 0.25) is 11.8 Å². The van der Waals surface area contributed by atoms with E-state index in [0.717, 1.165) is 27.9 Å². The number of anilines is 2. The summed E-state index contributed by atoms with van der Waals surface area (Å²) < 4.78 is 0. The summed E-state index contributed by atoms with van der Waals surface area (Å²) in [4.78, 5) is 25.4. The first kappa shape index (κ1) is 18.7. The molecule has 0 atom stereocenters. The van der Waals surface area contributed by atoms with E-state index in [2.05, 4.69) is 10.6 Å². The summed E-state index contributed by atoms with van der Waals surface area (Å²) in [7, 11) is 0. The maximum atomic E-state index is 12.8.